The zero-order valence-corrected chi connectivity index (χ0v) is 13.6. The molecule has 2 aliphatic rings. The van der Waals surface area contributed by atoms with Crippen molar-refractivity contribution < 1.29 is 34.6 Å². The predicted octanol–water partition coefficient (Wildman–Crippen LogP) is -0.679. The Balaban J connectivity index is 2.05. The lowest BCUT2D eigenvalue weighted by Gasteiger charge is -2.43. The molecule has 2 rings (SSSR count). The van der Waals surface area contributed by atoms with Gasteiger partial charge in [0.1, 0.15) is 24.1 Å². The zero-order chi connectivity index (χ0) is 15.7. The van der Waals surface area contributed by atoms with E-state index in [1.807, 2.05) is 12.5 Å². The van der Waals surface area contributed by atoms with Crippen molar-refractivity contribution in [2.75, 3.05) is 25.7 Å². The summed E-state index contributed by atoms with van der Waals surface area (Å²) < 4.78 is 16.6. The Morgan fingerprint density at radius 2 is 1.24 bits per heavy atom. The normalized spacial score (nSPS) is 39.1. The molecule has 21 heavy (non-hydrogen) atoms. The Labute approximate surface area is 132 Å². The van der Waals surface area contributed by atoms with Crippen LogP contribution in [-0.4, -0.2) is 80.8 Å². The molecule has 4 N–H and O–H groups in total. The van der Waals surface area contributed by atoms with Crippen LogP contribution < -0.4 is 0 Å². The summed E-state index contributed by atoms with van der Waals surface area (Å²) in [5, 5.41) is 38.9. The molecule has 7 nitrogen and oxygen atoms in total. The van der Waals surface area contributed by atoms with Crippen LogP contribution in [0.1, 0.15) is 12.8 Å². The van der Waals surface area contributed by atoms with E-state index in [4.69, 9.17) is 14.2 Å². The summed E-state index contributed by atoms with van der Waals surface area (Å²) in [6.07, 6.45) is 2.55. The van der Waals surface area contributed by atoms with Crippen molar-refractivity contribution in [2.45, 2.75) is 47.5 Å². The first-order chi connectivity index (χ1) is 9.76. The van der Waals surface area contributed by atoms with Crippen molar-refractivity contribution in [2.24, 2.45) is 0 Å². The van der Waals surface area contributed by atoms with E-state index in [0.29, 0.717) is 0 Å². The zero-order valence-electron chi connectivity index (χ0n) is 12.0. The van der Waals surface area contributed by atoms with Crippen molar-refractivity contribution in [1.82, 2.24) is 0 Å². The molecule has 0 aromatic rings. The van der Waals surface area contributed by atoms with Crippen LogP contribution >= 0.6 is 23.5 Å². The number of aliphatic hydroxyl groups is 4. The van der Waals surface area contributed by atoms with Gasteiger partial charge in [-0.05, 0) is 12.5 Å². The highest BCUT2D eigenvalue weighted by molar-refractivity contribution is 7.99. The first-order valence-corrected chi connectivity index (χ1v) is 9.18. The summed E-state index contributed by atoms with van der Waals surface area (Å²) in [4.78, 5) is 0. The lowest BCUT2D eigenvalue weighted by Crippen LogP contribution is -2.54. The highest BCUT2D eigenvalue weighted by Crippen LogP contribution is 2.35. The fourth-order valence-electron chi connectivity index (χ4n) is 2.49. The van der Waals surface area contributed by atoms with Crippen LogP contribution in [0.2, 0.25) is 0 Å². The first-order valence-electron chi connectivity index (χ1n) is 6.60. The van der Waals surface area contributed by atoms with E-state index < -0.39 is 23.8 Å². The van der Waals surface area contributed by atoms with E-state index >= 15 is 0 Å². The van der Waals surface area contributed by atoms with E-state index in [1.165, 1.54) is 23.5 Å². The maximum absolute atomic E-state index is 9.72. The maximum Gasteiger partial charge on any atom is 0.189 e. The predicted molar refractivity (Wildman–Crippen MR) is 78.7 cm³/mol. The molecule has 0 amide bonds. The molecule has 0 aromatic carbocycles. The van der Waals surface area contributed by atoms with E-state index in [1.54, 1.807) is 0 Å². The number of thioether (sulfide) groups is 2. The molecule has 0 bridgehead atoms. The Bertz CT molecular complexity index is 320. The molecule has 4 atom stereocenters. The van der Waals surface area contributed by atoms with Crippen LogP contribution in [0.15, 0.2) is 0 Å². The average molecular weight is 342 g/mol. The molecule has 0 spiro atoms. The molecule has 9 heteroatoms. The van der Waals surface area contributed by atoms with Gasteiger partial charge in [-0.1, -0.05) is 0 Å². The third kappa shape index (κ3) is 4.69. The summed E-state index contributed by atoms with van der Waals surface area (Å²) in [5.74, 6) is -3.87. The standard InChI is InChI=1S/C12H22O7S2/c1-20-9-7(3-11(13,14)5-17-9)19-8-4-12(15,16)6-18-10(8)21-2/h7-10,13-16H,3-6H2,1-2H3. The minimum Gasteiger partial charge on any atom is -0.367 e. The lowest BCUT2D eigenvalue weighted by molar-refractivity contribution is -0.290. The summed E-state index contributed by atoms with van der Waals surface area (Å²) in [5.41, 5.74) is -0.678. The van der Waals surface area contributed by atoms with Crippen LogP contribution in [0, 0.1) is 0 Å². The number of hydrogen-bond donors (Lipinski definition) is 4. The molecule has 0 aromatic heterocycles. The first kappa shape index (κ1) is 17.8. The van der Waals surface area contributed by atoms with Gasteiger partial charge in [0.2, 0.25) is 0 Å². The molecule has 4 unspecified atom stereocenters. The molecule has 2 fully saturated rings. The Hall–Kier alpha value is 0.420. The molecule has 0 aliphatic carbocycles. The Kier molecular flexibility index (Phi) is 5.83. The van der Waals surface area contributed by atoms with E-state index in [0.717, 1.165) is 0 Å². The van der Waals surface area contributed by atoms with Crippen molar-refractivity contribution in [1.29, 1.82) is 0 Å². The second-order valence-electron chi connectivity index (χ2n) is 5.42. The SMILES string of the molecule is CSC1OCC(O)(O)CC1OC1CC(O)(O)COC1SC. The molecule has 2 aliphatic heterocycles. The van der Waals surface area contributed by atoms with Crippen LogP contribution in [-0.2, 0) is 14.2 Å². The van der Waals surface area contributed by atoms with Gasteiger partial charge >= 0.3 is 0 Å². The van der Waals surface area contributed by atoms with Crippen molar-refractivity contribution >= 4 is 23.5 Å². The Morgan fingerprint density at radius 3 is 1.57 bits per heavy atom. The largest absolute Gasteiger partial charge is 0.367 e. The molecule has 0 saturated carbocycles. The maximum atomic E-state index is 9.72. The summed E-state index contributed by atoms with van der Waals surface area (Å²) >= 11 is 2.82. The van der Waals surface area contributed by atoms with Gasteiger partial charge in [-0.3, -0.25) is 0 Å². The minimum absolute atomic E-state index is 0.0000350. The van der Waals surface area contributed by atoms with Gasteiger partial charge < -0.3 is 34.6 Å². The highest BCUT2D eigenvalue weighted by atomic mass is 32.2. The molecule has 0 radical (unpaired) electrons. The quantitative estimate of drug-likeness (QED) is 0.494. The van der Waals surface area contributed by atoms with Gasteiger partial charge in [0, 0.05) is 12.8 Å². The molecule has 124 valence electrons. The fourth-order valence-corrected chi connectivity index (χ4v) is 3.83. The van der Waals surface area contributed by atoms with Crippen molar-refractivity contribution in [3.63, 3.8) is 0 Å². The van der Waals surface area contributed by atoms with Gasteiger partial charge in [-0.25, -0.2) is 0 Å². The molecule has 2 saturated heterocycles. The van der Waals surface area contributed by atoms with Gasteiger partial charge in [0.15, 0.2) is 11.6 Å². The summed E-state index contributed by atoms with van der Waals surface area (Å²) in [6.45, 7) is -0.342. The van der Waals surface area contributed by atoms with E-state index in [-0.39, 0.29) is 36.9 Å². The third-order valence-corrected chi connectivity index (χ3v) is 5.24. The molecule has 2 heterocycles. The van der Waals surface area contributed by atoms with Crippen LogP contribution in [0.25, 0.3) is 0 Å². The second kappa shape index (κ2) is 6.90. The second-order valence-corrected chi connectivity index (χ2v) is 7.29. The average Bonchev–Trinajstić information content (AvgIpc) is 2.37. The van der Waals surface area contributed by atoms with Crippen LogP contribution in [0.5, 0.6) is 0 Å². The molecular weight excluding hydrogens is 320 g/mol. The van der Waals surface area contributed by atoms with E-state index in [2.05, 4.69) is 0 Å². The summed E-state index contributed by atoms with van der Waals surface area (Å²) in [7, 11) is 0. The topological polar surface area (TPSA) is 109 Å². The summed E-state index contributed by atoms with van der Waals surface area (Å²) in [6, 6.07) is 0. The number of hydrogen-bond acceptors (Lipinski definition) is 9. The van der Waals surface area contributed by atoms with Gasteiger partial charge in [-0.15, -0.1) is 23.5 Å². The monoisotopic (exact) mass is 342 g/mol. The van der Waals surface area contributed by atoms with E-state index in [9.17, 15) is 20.4 Å². The van der Waals surface area contributed by atoms with Gasteiger partial charge in [0.05, 0.1) is 12.2 Å². The van der Waals surface area contributed by atoms with Crippen molar-refractivity contribution in [3.8, 4) is 0 Å². The fraction of sp³-hybridized carbons (Fsp3) is 1.00. The molecular formula is C12H22O7S2. The lowest BCUT2D eigenvalue weighted by atomic mass is 10.0. The minimum atomic E-state index is -1.93. The number of rotatable bonds is 4. The number of ether oxygens (including phenoxy) is 3. The highest BCUT2D eigenvalue weighted by Gasteiger charge is 2.45. The third-order valence-electron chi connectivity index (χ3n) is 3.44. The van der Waals surface area contributed by atoms with Gasteiger partial charge in [0.25, 0.3) is 0 Å². The van der Waals surface area contributed by atoms with Crippen molar-refractivity contribution in [3.05, 3.63) is 0 Å². The van der Waals surface area contributed by atoms with Crippen LogP contribution in [0.3, 0.4) is 0 Å². The smallest absolute Gasteiger partial charge is 0.189 e. The Morgan fingerprint density at radius 1 is 0.857 bits per heavy atom. The van der Waals surface area contributed by atoms with Crippen LogP contribution in [0.4, 0.5) is 0 Å². The van der Waals surface area contributed by atoms with Gasteiger partial charge in [-0.2, -0.15) is 0 Å².